The van der Waals surface area contributed by atoms with E-state index in [9.17, 15) is 0 Å². The Bertz CT molecular complexity index is 391. The van der Waals surface area contributed by atoms with Crippen LogP contribution in [0.3, 0.4) is 0 Å². The number of rotatable bonds is 7. The maximum Gasteiger partial charge on any atom is 0.0320 e. The Morgan fingerprint density at radius 1 is 1.10 bits per heavy atom. The largest absolute Gasteiger partial charge is 0.307 e. The predicted octanol–water partition coefficient (Wildman–Crippen LogP) is 4.16. The molecule has 1 aromatic rings. The van der Waals surface area contributed by atoms with Gasteiger partial charge in [0.05, 0.1) is 0 Å². The van der Waals surface area contributed by atoms with Crippen LogP contribution in [0.1, 0.15) is 63.6 Å². The average molecular weight is 288 g/mol. The minimum absolute atomic E-state index is 0.513. The second-order valence-electron chi connectivity index (χ2n) is 6.34. The molecule has 1 saturated heterocycles. The van der Waals surface area contributed by atoms with Gasteiger partial charge in [-0.15, -0.1) is 0 Å². The molecule has 0 spiro atoms. The van der Waals surface area contributed by atoms with Gasteiger partial charge in [-0.25, -0.2) is 0 Å². The summed E-state index contributed by atoms with van der Waals surface area (Å²) in [6, 6.07) is 10.4. The molecule has 1 heterocycles. The summed E-state index contributed by atoms with van der Waals surface area (Å²) in [6.07, 6.45) is 6.16. The van der Waals surface area contributed by atoms with Crippen LogP contribution in [0, 0.1) is 0 Å². The summed E-state index contributed by atoms with van der Waals surface area (Å²) in [5, 5.41) is 3.90. The maximum absolute atomic E-state index is 3.90. The van der Waals surface area contributed by atoms with E-state index in [4.69, 9.17) is 0 Å². The van der Waals surface area contributed by atoms with E-state index >= 15 is 0 Å². The van der Waals surface area contributed by atoms with E-state index in [0.717, 1.165) is 6.42 Å². The molecule has 1 atom stereocenters. The van der Waals surface area contributed by atoms with Crippen LogP contribution in [-0.2, 0) is 6.42 Å². The Balaban J connectivity index is 1.87. The van der Waals surface area contributed by atoms with Crippen molar-refractivity contribution in [3.63, 3.8) is 0 Å². The molecule has 1 N–H and O–H groups in total. The van der Waals surface area contributed by atoms with Crippen LogP contribution in [0.4, 0.5) is 0 Å². The summed E-state index contributed by atoms with van der Waals surface area (Å²) in [7, 11) is 0. The van der Waals surface area contributed by atoms with Crippen LogP contribution in [0.15, 0.2) is 24.3 Å². The first kappa shape index (κ1) is 16.5. The Kier molecular flexibility index (Phi) is 6.72. The molecule has 1 aromatic carbocycles. The van der Waals surface area contributed by atoms with Crippen molar-refractivity contribution >= 4 is 0 Å². The minimum atomic E-state index is 0.513. The molecule has 0 radical (unpaired) electrons. The third-order valence-corrected chi connectivity index (χ3v) is 4.76. The van der Waals surface area contributed by atoms with E-state index in [-0.39, 0.29) is 0 Å². The molecule has 0 saturated carbocycles. The van der Waals surface area contributed by atoms with E-state index in [2.05, 4.69) is 55.3 Å². The van der Waals surface area contributed by atoms with Crippen LogP contribution < -0.4 is 5.32 Å². The zero-order valence-electron chi connectivity index (χ0n) is 14.1. The molecule has 1 unspecified atom stereocenters. The fourth-order valence-corrected chi connectivity index (χ4v) is 3.36. The van der Waals surface area contributed by atoms with E-state index in [0.29, 0.717) is 12.1 Å². The lowest BCUT2D eigenvalue weighted by Crippen LogP contribution is -2.43. The first-order valence-corrected chi connectivity index (χ1v) is 8.84. The zero-order valence-corrected chi connectivity index (χ0v) is 14.1. The number of hydrogen-bond donors (Lipinski definition) is 1. The lowest BCUT2D eigenvalue weighted by Gasteiger charge is -2.34. The fraction of sp³-hybridized carbons (Fsp3) is 0.684. The van der Waals surface area contributed by atoms with Gasteiger partial charge in [0, 0.05) is 12.1 Å². The highest BCUT2D eigenvalue weighted by molar-refractivity contribution is 5.25. The summed E-state index contributed by atoms with van der Waals surface area (Å²) < 4.78 is 0. The number of piperidine rings is 1. The SMILES string of the molecule is CCCN1CCC(NC(CC)c2ccc(CC)cc2)CC1. The van der Waals surface area contributed by atoms with E-state index in [1.807, 2.05) is 0 Å². The van der Waals surface area contributed by atoms with Crippen LogP contribution in [0.5, 0.6) is 0 Å². The summed E-state index contributed by atoms with van der Waals surface area (Å²) in [4.78, 5) is 2.61. The molecule has 21 heavy (non-hydrogen) atoms. The van der Waals surface area contributed by atoms with Gasteiger partial charge in [-0.05, 0) is 62.9 Å². The molecule has 1 aliphatic heterocycles. The third-order valence-electron chi connectivity index (χ3n) is 4.76. The smallest absolute Gasteiger partial charge is 0.0320 e. The van der Waals surface area contributed by atoms with E-state index in [1.165, 1.54) is 56.4 Å². The highest BCUT2D eigenvalue weighted by atomic mass is 15.1. The Morgan fingerprint density at radius 3 is 2.29 bits per heavy atom. The normalized spacial score (nSPS) is 18.8. The first-order chi connectivity index (χ1) is 10.3. The van der Waals surface area contributed by atoms with Crippen molar-refractivity contribution in [3.05, 3.63) is 35.4 Å². The highest BCUT2D eigenvalue weighted by Crippen LogP contribution is 2.21. The fourth-order valence-electron chi connectivity index (χ4n) is 3.36. The van der Waals surface area contributed by atoms with Crippen molar-refractivity contribution in [2.75, 3.05) is 19.6 Å². The molecule has 0 amide bonds. The number of hydrogen-bond acceptors (Lipinski definition) is 2. The maximum atomic E-state index is 3.90. The summed E-state index contributed by atoms with van der Waals surface area (Å²) in [5.41, 5.74) is 2.88. The molecule has 1 aliphatic rings. The topological polar surface area (TPSA) is 15.3 Å². The molecule has 2 nitrogen and oxygen atoms in total. The molecule has 0 bridgehead atoms. The van der Waals surface area contributed by atoms with Gasteiger partial charge in [-0.1, -0.05) is 45.0 Å². The summed E-state index contributed by atoms with van der Waals surface area (Å²) in [5.74, 6) is 0. The lowest BCUT2D eigenvalue weighted by molar-refractivity contribution is 0.190. The van der Waals surface area contributed by atoms with E-state index < -0.39 is 0 Å². The summed E-state index contributed by atoms with van der Waals surface area (Å²) >= 11 is 0. The van der Waals surface area contributed by atoms with Gasteiger partial charge in [0.1, 0.15) is 0 Å². The number of benzene rings is 1. The number of aryl methyl sites for hydroxylation is 1. The predicted molar refractivity (Wildman–Crippen MR) is 91.7 cm³/mol. The standard InChI is InChI=1S/C19H32N2/c1-4-13-21-14-11-18(12-15-21)20-19(6-3)17-9-7-16(5-2)8-10-17/h7-10,18-20H,4-6,11-15H2,1-3H3. The molecule has 2 heteroatoms. The Morgan fingerprint density at radius 2 is 1.76 bits per heavy atom. The average Bonchev–Trinajstić information content (AvgIpc) is 2.54. The van der Waals surface area contributed by atoms with Crippen molar-refractivity contribution in [2.24, 2.45) is 0 Å². The first-order valence-electron chi connectivity index (χ1n) is 8.84. The van der Waals surface area contributed by atoms with Crippen LogP contribution in [0.25, 0.3) is 0 Å². The van der Waals surface area contributed by atoms with Gasteiger partial charge in [0.25, 0.3) is 0 Å². The molecule has 0 aromatic heterocycles. The number of nitrogens with one attached hydrogen (secondary N) is 1. The van der Waals surface area contributed by atoms with Crippen molar-refractivity contribution in [1.29, 1.82) is 0 Å². The third kappa shape index (κ3) is 4.82. The molecular formula is C19H32N2. The summed E-state index contributed by atoms with van der Waals surface area (Å²) in [6.45, 7) is 10.6. The number of likely N-dealkylation sites (tertiary alicyclic amines) is 1. The molecule has 0 aliphatic carbocycles. The van der Waals surface area contributed by atoms with Gasteiger partial charge >= 0.3 is 0 Å². The van der Waals surface area contributed by atoms with Crippen molar-refractivity contribution in [2.45, 2.75) is 65.0 Å². The highest BCUT2D eigenvalue weighted by Gasteiger charge is 2.21. The Hall–Kier alpha value is -0.860. The van der Waals surface area contributed by atoms with Crippen LogP contribution in [-0.4, -0.2) is 30.6 Å². The second-order valence-corrected chi connectivity index (χ2v) is 6.34. The zero-order chi connectivity index (χ0) is 15.1. The van der Waals surface area contributed by atoms with Crippen LogP contribution >= 0.6 is 0 Å². The van der Waals surface area contributed by atoms with Crippen molar-refractivity contribution < 1.29 is 0 Å². The van der Waals surface area contributed by atoms with Gasteiger partial charge in [-0.3, -0.25) is 0 Å². The second kappa shape index (κ2) is 8.55. The van der Waals surface area contributed by atoms with E-state index in [1.54, 1.807) is 0 Å². The quantitative estimate of drug-likeness (QED) is 0.810. The minimum Gasteiger partial charge on any atom is -0.307 e. The Labute approximate surface area is 130 Å². The molecular weight excluding hydrogens is 256 g/mol. The monoisotopic (exact) mass is 288 g/mol. The van der Waals surface area contributed by atoms with Gasteiger partial charge in [0.2, 0.25) is 0 Å². The van der Waals surface area contributed by atoms with Crippen LogP contribution in [0.2, 0.25) is 0 Å². The van der Waals surface area contributed by atoms with Crippen molar-refractivity contribution in [3.8, 4) is 0 Å². The molecule has 118 valence electrons. The van der Waals surface area contributed by atoms with Gasteiger partial charge in [-0.2, -0.15) is 0 Å². The van der Waals surface area contributed by atoms with Gasteiger partial charge < -0.3 is 10.2 Å². The molecule has 1 fully saturated rings. The molecule has 2 rings (SSSR count). The van der Waals surface area contributed by atoms with Gasteiger partial charge in [0.15, 0.2) is 0 Å². The van der Waals surface area contributed by atoms with Crippen molar-refractivity contribution in [1.82, 2.24) is 10.2 Å². The number of nitrogens with zero attached hydrogens (tertiary/aromatic N) is 1. The lowest BCUT2D eigenvalue weighted by atomic mass is 9.98.